The number of benzene rings is 2. The Labute approximate surface area is 121 Å². The number of nitrogens with two attached hydrogens (primary N) is 2. The molecule has 0 aromatic heterocycles. The highest BCUT2D eigenvalue weighted by Gasteiger charge is 2.11. The molecule has 0 amide bonds. The van der Waals surface area contributed by atoms with Gasteiger partial charge in [-0.3, -0.25) is 0 Å². The summed E-state index contributed by atoms with van der Waals surface area (Å²) in [5.74, 6) is -1.12. The van der Waals surface area contributed by atoms with Gasteiger partial charge in [-0.15, -0.1) is 0 Å². The molecule has 0 atom stereocenters. The first-order chi connectivity index (χ1) is 9.77. The second-order valence-electron chi connectivity index (χ2n) is 4.30. The van der Waals surface area contributed by atoms with E-state index in [4.69, 9.17) is 16.0 Å². The standard InChI is InChI=1S/C13H13N3O4S/c14-8-1-6-12(11(7-8)13(17)18)16-9-2-4-10(5-3-9)21(15,19)20/h1-7,16H,14H2,(H,17,18)(H2,15,19,20). The number of nitrogen functional groups attached to an aromatic ring is 1. The first kappa shape index (κ1) is 14.8. The van der Waals surface area contributed by atoms with Crippen molar-refractivity contribution in [3.8, 4) is 0 Å². The van der Waals surface area contributed by atoms with Crippen LogP contribution in [0.25, 0.3) is 0 Å². The molecule has 6 N–H and O–H groups in total. The number of aromatic carboxylic acids is 1. The van der Waals surface area contributed by atoms with E-state index >= 15 is 0 Å². The van der Waals surface area contributed by atoms with E-state index in [1.54, 1.807) is 6.07 Å². The van der Waals surface area contributed by atoms with E-state index < -0.39 is 16.0 Å². The zero-order chi connectivity index (χ0) is 15.6. The summed E-state index contributed by atoms with van der Waals surface area (Å²) in [5, 5.41) is 17.0. The van der Waals surface area contributed by atoms with E-state index in [0.29, 0.717) is 17.1 Å². The van der Waals surface area contributed by atoms with Crippen LogP contribution in [0.1, 0.15) is 10.4 Å². The normalized spacial score (nSPS) is 11.1. The number of rotatable bonds is 4. The van der Waals surface area contributed by atoms with E-state index in [2.05, 4.69) is 5.32 Å². The molecule has 2 aromatic rings. The van der Waals surface area contributed by atoms with Crippen molar-refractivity contribution in [1.29, 1.82) is 0 Å². The molecule has 0 unspecified atom stereocenters. The van der Waals surface area contributed by atoms with Crippen LogP contribution in [0.4, 0.5) is 17.1 Å². The third-order valence-electron chi connectivity index (χ3n) is 2.74. The predicted molar refractivity (Wildman–Crippen MR) is 78.9 cm³/mol. The lowest BCUT2D eigenvalue weighted by atomic mass is 10.1. The zero-order valence-corrected chi connectivity index (χ0v) is 11.6. The molecule has 0 spiro atoms. The summed E-state index contributed by atoms with van der Waals surface area (Å²) in [7, 11) is -3.76. The van der Waals surface area contributed by atoms with Gasteiger partial charge in [0, 0.05) is 11.4 Å². The molecular weight excluding hydrogens is 294 g/mol. The number of carbonyl (C=O) groups is 1. The van der Waals surface area contributed by atoms with Crippen molar-refractivity contribution in [2.45, 2.75) is 4.90 Å². The zero-order valence-electron chi connectivity index (χ0n) is 10.8. The van der Waals surface area contributed by atoms with Crippen LogP contribution in [-0.4, -0.2) is 19.5 Å². The fraction of sp³-hybridized carbons (Fsp3) is 0. The number of hydrogen-bond acceptors (Lipinski definition) is 5. The molecule has 0 bridgehead atoms. The third-order valence-corrected chi connectivity index (χ3v) is 3.67. The molecule has 2 aromatic carbocycles. The second kappa shape index (κ2) is 5.43. The van der Waals surface area contributed by atoms with Crippen LogP contribution in [0.15, 0.2) is 47.4 Å². The van der Waals surface area contributed by atoms with Gasteiger partial charge in [-0.05, 0) is 42.5 Å². The minimum atomic E-state index is -3.76. The Morgan fingerprint density at radius 1 is 1.10 bits per heavy atom. The largest absolute Gasteiger partial charge is 0.478 e. The molecule has 8 heteroatoms. The Kier molecular flexibility index (Phi) is 3.83. The van der Waals surface area contributed by atoms with Crippen LogP contribution in [0.2, 0.25) is 0 Å². The van der Waals surface area contributed by atoms with Gasteiger partial charge in [-0.2, -0.15) is 0 Å². The number of primary sulfonamides is 1. The molecule has 2 rings (SSSR count). The number of carboxylic acid groups (broad SMARTS) is 1. The number of hydrogen-bond donors (Lipinski definition) is 4. The van der Waals surface area contributed by atoms with E-state index in [-0.39, 0.29) is 10.5 Å². The maximum absolute atomic E-state index is 11.2. The third kappa shape index (κ3) is 3.50. The van der Waals surface area contributed by atoms with Gasteiger partial charge in [0.15, 0.2) is 0 Å². The van der Waals surface area contributed by atoms with E-state index in [1.807, 2.05) is 0 Å². The Morgan fingerprint density at radius 2 is 1.71 bits per heavy atom. The van der Waals surface area contributed by atoms with Crippen molar-refractivity contribution in [2.75, 3.05) is 11.1 Å². The molecule has 0 saturated carbocycles. The van der Waals surface area contributed by atoms with Crippen molar-refractivity contribution in [3.63, 3.8) is 0 Å². The molecule has 0 aliphatic carbocycles. The lowest BCUT2D eigenvalue weighted by Gasteiger charge is -2.10. The minimum Gasteiger partial charge on any atom is -0.478 e. The molecule has 0 aliphatic rings. The minimum absolute atomic E-state index is 0.0190. The first-order valence-corrected chi connectivity index (χ1v) is 7.35. The lowest BCUT2D eigenvalue weighted by molar-refractivity contribution is 0.0698. The van der Waals surface area contributed by atoms with Gasteiger partial charge in [0.25, 0.3) is 0 Å². The molecule has 0 aliphatic heterocycles. The molecule has 0 fully saturated rings. The van der Waals surface area contributed by atoms with Crippen LogP contribution in [0.3, 0.4) is 0 Å². The maximum Gasteiger partial charge on any atom is 0.337 e. The van der Waals surface area contributed by atoms with Crippen molar-refractivity contribution >= 4 is 33.1 Å². The lowest BCUT2D eigenvalue weighted by Crippen LogP contribution is -2.11. The molecule has 0 heterocycles. The van der Waals surface area contributed by atoms with Gasteiger partial charge in [0.05, 0.1) is 16.1 Å². The Hall–Kier alpha value is -2.58. The Balaban J connectivity index is 2.33. The van der Waals surface area contributed by atoms with E-state index in [0.717, 1.165) is 0 Å². The fourth-order valence-corrected chi connectivity index (χ4v) is 2.25. The first-order valence-electron chi connectivity index (χ1n) is 5.80. The molecule has 0 radical (unpaired) electrons. The summed E-state index contributed by atoms with van der Waals surface area (Å²) in [4.78, 5) is 11.1. The van der Waals surface area contributed by atoms with Gasteiger partial charge in [-0.1, -0.05) is 0 Å². The number of anilines is 3. The number of carboxylic acids is 1. The summed E-state index contributed by atoms with van der Waals surface area (Å²) in [5.41, 5.74) is 6.78. The summed E-state index contributed by atoms with van der Waals surface area (Å²) in [6.07, 6.45) is 0. The van der Waals surface area contributed by atoms with Gasteiger partial charge in [-0.25, -0.2) is 18.4 Å². The van der Waals surface area contributed by atoms with E-state index in [1.165, 1.54) is 36.4 Å². The number of nitrogens with one attached hydrogen (secondary N) is 1. The number of sulfonamides is 1. The van der Waals surface area contributed by atoms with Crippen molar-refractivity contribution < 1.29 is 18.3 Å². The van der Waals surface area contributed by atoms with Crippen molar-refractivity contribution in [1.82, 2.24) is 0 Å². The van der Waals surface area contributed by atoms with Crippen molar-refractivity contribution in [3.05, 3.63) is 48.0 Å². The highest BCUT2D eigenvalue weighted by atomic mass is 32.2. The van der Waals surface area contributed by atoms with Crippen LogP contribution >= 0.6 is 0 Å². The van der Waals surface area contributed by atoms with Gasteiger partial charge >= 0.3 is 5.97 Å². The summed E-state index contributed by atoms with van der Waals surface area (Å²) < 4.78 is 22.3. The van der Waals surface area contributed by atoms with Crippen LogP contribution in [-0.2, 0) is 10.0 Å². The predicted octanol–water partition coefficient (Wildman–Crippen LogP) is 1.36. The average molecular weight is 307 g/mol. The Bertz CT molecular complexity index is 786. The highest BCUT2D eigenvalue weighted by molar-refractivity contribution is 7.89. The summed E-state index contributed by atoms with van der Waals surface area (Å²) >= 11 is 0. The molecule has 0 saturated heterocycles. The molecular formula is C13H13N3O4S. The summed E-state index contributed by atoms with van der Waals surface area (Å²) in [6, 6.07) is 10.1. The second-order valence-corrected chi connectivity index (χ2v) is 5.87. The Morgan fingerprint density at radius 3 is 2.24 bits per heavy atom. The molecule has 21 heavy (non-hydrogen) atoms. The van der Waals surface area contributed by atoms with Gasteiger partial charge in [0.2, 0.25) is 10.0 Å². The SMILES string of the molecule is Nc1ccc(Nc2ccc(S(N)(=O)=O)cc2)c(C(=O)O)c1. The molecule has 7 nitrogen and oxygen atoms in total. The fourth-order valence-electron chi connectivity index (χ4n) is 1.73. The van der Waals surface area contributed by atoms with Crippen molar-refractivity contribution in [2.24, 2.45) is 5.14 Å². The van der Waals surface area contributed by atoms with Crippen LogP contribution < -0.4 is 16.2 Å². The van der Waals surface area contributed by atoms with E-state index in [9.17, 15) is 13.2 Å². The highest BCUT2D eigenvalue weighted by Crippen LogP contribution is 2.24. The monoisotopic (exact) mass is 307 g/mol. The molecule has 110 valence electrons. The average Bonchev–Trinajstić information content (AvgIpc) is 2.40. The van der Waals surface area contributed by atoms with Gasteiger partial charge < -0.3 is 16.2 Å². The van der Waals surface area contributed by atoms with Gasteiger partial charge in [0.1, 0.15) is 0 Å². The van der Waals surface area contributed by atoms with Crippen LogP contribution in [0.5, 0.6) is 0 Å². The smallest absolute Gasteiger partial charge is 0.337 e. The quantitative estimate of drug-likeness (QED) is 0.630. The maximum atomic E-state index is 11.2. The summed E-state index contributed by atoms with van der Waals surface area (Å²) in [6.45, 7) is 0. The van der Waals surface area contributed by atoms with Crippen LogP contribution in [0, 0.1) is 0 Å². The topological polar surface area (TPSA) is 136 Å².